The lowest BCUT2D eigenvalue weighted by Crippen LogP contribution is -2.19. The first-order valence-corrected chi connectivity index (χ1v) is 4.90. The van der Waals surface area contributed by atoms with Gasteiger partial charge >= 0.3 is 0 Å². The van der Waals surface area contributed by atoms with Gasteiger partial charge in [0.2, 0.25) is 0 Å². The third-order valence-corrected chi connectivity index (χ3v) is 2.33. The molecule has 1 rings (SSSR count). The van der Waals surface area contributed by atoms with Crippen LogP contribution in [0.25, 0.3) is 0 Å². The van der Waals surface area contributed by atoms with Crippen molar-refractivity contribution in [2.75, 3.05) is 13.6 Å². The maximum absolute atomic E-state index is 10.2. The summed E-state index contributed by atoms with van der Waals surface area (Å²) in [5.41, 5.74) is 2.64. The standard InChI is InChI=1S/C12H17NO/c1-11-6-3-4-7-12(11)10-13(2)8-5-9-14/h3-4,6-7,9H,5,8,10H2,1-2H3. The van der Waals surface area contributed by atoms with Crippen molar-refractivity contribution in [3.05, 3.63) is 35.4 Å². The quantitative estimate of drug-likeness (QED) is 0.664. The highest BCUT2D eigenvalue weighted by molar-refractivity contribution is 5.49. The van der Waals surface area contributed by atoms with Crippen molar-refractivity contribution < 1.29 is 4.79 Å². The zero-order chi connectivity index (χ0) is 10.4. The predicted octanol–water partition coefficient (Wildman–Crippen LogP) is 2.02. The zero-order valence-corrected chi connectivity index (χ0v) is 8.86. The van der Waals surface area contributed by atoms with Gasteiger partial charge in [-0.1, -0.05) is 24.3 Å². The lowest BCUT2D eigenvalue weighted by molar-refractivity contribution is -0.108. The van der Waals surface area contributed by atoms with Crippen molar-refractivity contribution in [3.8, 4) is 0 Å². The van der Waals surface area contributed by atoms with E-state index < -0.39 is 0 Å². The van der Waals surface area contributed by atoms with Crippen molar-refractivity contribution in [2.24, 2.45) is 0 Å². The lowest BCUT2D eigenvalue weighted by Gasteiger charge is -2.16. The van der Waals surface area contributed by atoms with Gasteiger partial charge in [0.25, 0.3) is 0 Å². The van der Waals surface area contributed by atoms with Gasteiger partial charge in [-0.3, -0.25) is 0 Å². The Morgan fingerprint density at radius 2 is 2.07 bits per heavy atom. The number of nitrogens with zero attached hydrogens (tertiary/aromatic N) is 1. The topological polar surface area (TPSA) is 20.3 Å². The molecule has 0 aromatic heterocycles. The number of hydrogen-bond acceptors (Lipinski definition) is 2. The second-order valence-corrected chi connectivity index (χ2v) is 3.62. The highest BCUT2D eigenvalue weighted by Crippen LogP contribution is 2.09. The highest BCUT2D eigenvalue weighted by atomic mass is 16.1. The Morgan fingerprint density at radius 1 is 1.36 bits per heavy atom. The summed E-state index contributed by atoms with van der Waals surface area (Å²) in [4.78, 5) is 12.4. The van der Waals surface area contributed by atoms with Crippen LogP contribution in [0.2, 0.25) is 0 Å². The van der Waals surface area contributed by atoms with E-state index in [0.29, 0.717) is 6.42 Å². The minimum Gasteiger partial charge on any atom is -0.303 e. The molecule has 0 atom stereocenters. The normalized spacial score (nSPS) is 10.5. The van der Waals surface area contributed by atoms with Gasteiger partial charge in [0, 0.05) is 19.5 Å². The summed E-state index contributed by atoms with van der Waals surface area (Å²) in [5, 5.41) is 0. The van der Waals surface area contributed by atoms with E-state index >= 15 is 0 Å². The maximum Gasteiger partial charge on any atom is 0.121 e. The van der Waals surface area contributed by atoms with Crippen molar-refractivity contribution in [3.63, 3.8) is 0 Å². The molecule has 0 aliphatic carbocycles. The van der Waals surface area contributed by atoms with Gasteiger partial charge in [-0.2, -0.15) is 0 Å². The first-order valence-electron chi connectivity index (χ1n) is 4.90. The number of rotatable bonds is 5. The van der Waals surface area contributed by atoms with Gasteiger partial charge < -0.3 is 9.69 Å². The summed E-state index contributed by atoms with van der Waals surface area (Å²) >= 11 is 0. The molecule has 0 amide bonds. The minimum absolute atomic E-state index is 0.613. The Kier molecular flexibility index (Phi) is 4.33. The predicted molar refractivity (Wildman–Crippen MR) is 58.2 cm³/mol. The monoisotopic (exact) mass is 191 g/mol. The summed E-state index contributed by atoms with van der Waals surface area (Å²) in [6.07, 6.45) is 1.58. The first-order chi connectivity index (χ1) is 6.74. The van der Waals surface area contributed by atoms with E-state index in [2.05, 4.69) is 30.0 Å². The second kappa shape index (κ2) is 5.55. The molecule has 0 radical (unpaired) electrons. The van der Waals surface area contributed by atoms with Crippen molar-refractivity contribution in [2.45, 2.75) is 19.9 Å². The molecule has 0 N–H and O–H groups in total. The summed E-state index contributed by atoms with van der Waals surface area (Å²) in [5.74, 6) is 0. The Hall–Kier alpha value is -1.15. The van der Waals surface area contributed by atoms with Gasteiger partial charge in [0.05, 0.1) is 0 Å². The molecule has 0 heterocycles. The average Bonchev–Trinajstić information content (AvgIpc) is 2.18. The second-order valence-electron chi connectivity index (χ2n) is 3.62. The van der Waals surface area contributed by atoms with Crippen LogP contribution in [0.15, 0.2) is 24.3 Å². The SMILES string of the molecule is Cc1ccccc1CN(C)CCC=O. The van der Waals surface area contributed by atoms with E-state index in [4.69, 9.17) is 0 Å². The molecule has 0 bridgehead atoms. The lowest BCUT2D eigenvalue weighted by atomic mass is 10.1. The summed E-state index contributed by atoms with van der Waals surface area (Å²) < 4.78 is 0. The molecular formula is C12H17NO. The molecule has 0 unspecified atom stereocenters. The first kappa shape index (κ1) is 10.9. The molecule has 0 spiro atoms. The number of hydrogen-bond donors (Lipinski definition) is 0. The molecule has 2 heteroatoms. The molecule has 1 aromatic rings. The summed E-state index contributed by atoms with van der Waals surface area (Å²) in [7, 11) is 2.04. The van der Waals surface area contributed by atoms with Gasteiger partial charge in [0.1, 0.15) is 6.29 Å². The van der Waals surface area contributed by atoms with Crippen LogP contribution in [-0.2, 0) is 11.3 Å². The van der Waals surface area contributed by atoms with Crippen LogP contribution in [0.1, 0.15) is 17.5 Å². The molecule has 0 saturated heterocycles. The van der Waals surface area contributed by atoms with Crippen LogP contribution in [-0.4, -0.2) is 24.8 Å². The molecule has 76 valence electrons. The molecule has 0 aliphatic rings. The molecule has 0 saturated carbocycles. The van der Waals surface area contributed by atoms with E-state index in [0.717, 1.165) is 19.4 Å². The van der Waals surface area contributed by atoms with Crippen molar-refractivity contribution in [1.82, 2.24) is 4.90 Å². The van der Waals surface area contributed by atoms with E-state index in [-0.39, 0.29) is 0 Å². The third-order valence-electron chi connectivity index (χ3n) is 2.33. The summed E-state index contributed by atoms with van der Waals surface area (Å²) in [6.45, 7) is 3.86. The highest BCUT2D eigenvalue weighted by Gasteiger charge is 2.01. The third kappa shape index (κ3) is 3.30. The molecule has 1 aromatic carbocycles. The van der Waals surface area contributed by atoms with E-state index in [1.807, 2.05) is 13.1 Å². The van der Waals surface area contributed by atoms with Gasteiger partial charge in [-0.05, 0) is 25.1 Å². The molecule has 2 nitrogen and oxygen atoms in total. The largest absolute Gasteiger partial charge is 0.303 e. The fraction of sp³-hybridized carbons (Fsp3) is 0.417. The molecule has 0 aliphatic heterocycles. The number of carbonyl (C=O) groups is 1. The van der Waals surface area contributed by atoms with Crippen molar-refractivity contribution >= 4 is 6.29 Å². The number of carbonyl (C=O) groups excluding carboxylic acids is 1. The van der Waals surface area contributed by atoms with Crippen molar-refractivity contribution in [1.29, 1.82) is 0 Å². The Labute approximate surface area is 85.5 Å². The smallest absolute Gasteiger partial charge is 0.121 e. The number of aryl methyl sites for hydroxylation is 1. The van der Waals surface area contributed by atoms with Crippen LogP contribution in [0.4, 0.5) is 0 Å². The van der Waals surface area contributed by atoms with Gasteiger partial charge in [0.15, 0.2) is 0 Å². The van der Waals surface area contributed by atoms with Gasteiger partial charge in [-0.25, -0.2) is 0 Å². The van der Waals surface area contributed by atoms with Crippen LogP contribution in [0.3, 0.4) is 0 Å². The Morgan fingerprint density at radius 3 is 2.71 bits per heavy atom. The zero-order valence-electron chi connectivity index (χ0n) is 8.86. The van der Waals surface area contributed by atoms with E-state index in [9.17, 15) is 4.79 Å². The minimum atomic E-state index is 0.613. The molecule has 14 heavy (non-hydrogen) atoms. The Balaban J connectivity index is 2.51. The number of benzene rings is 1. The average molecular weight is 191 g/mol. The van der Waals surface area contributed by atoms with E-state index in [1.54, 1.807) is 0 Å². The fourth-order valence-electron chi connectivity index (χ4n) is 1.43. The van der Waals surface area contributed by atoms with Gasteiger partial charge in [-0.15, -0.1) is 0 Å². The number of aldehydes is 1. The Bertz CT molecular complexity index is 296. The fourth-order valence-corrected chi connectivity index (χ4v) is 1.43. The van der Waals surface area contributed by atoms with Crippen LogP contribution in [0, 0.1) is 6.92 Å². The molecular weight excluding hydrogens is 174 g/mol. The molecule has 0 fully saturated rings. The van der Waals surface area contributed by atoms with E-state index in [1.165, 1.54) is 11.1 Å². The summed E-state index contributed by atoms with van der Waals surface area (Å²) in [6, 6.07) is 8.34. The van der Waals surface area contributed by atoms with Crippen LogP contribution < -0.4 is 0 Å². The maximum atomic E-state index is 10.2. The van der Waals surface area contributed by atoms with Crippen LogP contribution >= 0.6 is 0 Å². The van der Waals surface area contributed by atoms with Crippen LogP contribution in [0.5, 0.6) is 0 Å².